The summed E-state index contributed by atoms with van der Waals surface area (Å²) in [7, 11) is 4.55. The molecule has 1 aliphatic heterocycles. The summed E-state index contributed by atoms with van der Waals surface area (Å²) in [6, 6.07) is 12.8. The first-order valence-electron chi connectivity index (χ1n) is 8.22. The summed E-state index contributed by atoms with van der Waals surface area (Å²) >= 11 is 0. The Kier molecular flexibility index (Phi) is 5.26. The lowest BCUT2D eigenvalue weighted by Crippen LogP contribution is -2.19. The molecule has 6 nitrogen and oxygen atoms in total. The zero-order valence-corrected chi connectivity index (χ0v) is 15.2. The van der Waals surface area contributed by atoms with Gasteiger partial charge in [0.2, 0.25) is 5.75 Å². The zero-order valence-electron chi connectivity index (χ0n) is 15.2. The van der Waals surface area contributed by atoms with Gasteiger partial charge in [-0.3, -0.25) is 14.9 Å². The highest BCUT2D eigenvalue weighted by Crippen LogP contribution is 2.39. The molecule has 27 heavy (non-hydrogen) atoms. The number of carbonyl (C=O) groups is 2. The fourth-order valence-electron chi connectivity index (χ4n) is 2.84. The molecule has 1 heterocycles. The largest absolute Gasteiger partial charge is 0.493 e. The number of methoxy groups -OCH3 is 3. The Morgan fingerprint density at radius 2 is 1.26 bits per heavy atom. The lowest BCUT2D eigenvalue weighted by molar-refractivity contribution is -0.123. The number of hydrogen-bond acceptors (Lipinski definition) is 5. The van der Waals surface area contributed by atoms with Crippen LogP contribution in [0, 0.1) is 0 Å². The van der Waals surface area contributed by atoms with E-state index in [9.17, 15) is 9.59 Å². The first-order chi connectivity index (χ1) is 13.1. The minimum Gasteiger partial charge on any atom is -0.493 e. The lowest BCUT2D eigenvalue weighted by Gasteiger charge is -2.13. The average Bonchev–Trinajstić information content (AvgIpc) is 2.94. The smallest absolute Gasteiger partial charge is 0.258 e. The molecule has 0 atom stereocenters. The molecular formula is C21H19NO5. The van der Waals surface area contributed by atoms with Gasteiger partial charge in [0.15, 0.2) is 11.5 Å². The van der Waals surface area contributed by atoms with Crippen molar-refractivity contribution >= 4 is 24.0 Å². The van der Waals surface area contributed by atoms with Crippen LogP contribution in [0.5, 0.6) is 17.2 Å². The molecule has 138 valence electrons. The van der Waals surface area contributed by atoms with Gasteiger partial charge >= 0.3 is 0 Å². The van der Waals surface area contributed by atoms with Crippen molar-refractivity contribution in [3.63, 3.8) is 0 Å². The van der Waals surface area contributed by atoms with E-state index in [0.717, 1.165) is 5.56 Å². The monoisotopic (exact) mass is 365 g/mol. The van der Waals surface area contributed by atoms with Crippen molar-refractivity contribution in [2.24, 2.45) is 0 Å². The van der Waals surface area contributed by atoms with Gasteiger partial charge in [0.25, 0.3) is 11.8 Å². The fourth-order valence-corrected chi connectivity index (χ4v) is 2.84. The van der Waals surface area contributed by atoms with E-state index in [1.807, 2.05) is 30.3 Å². The highest BCUT2D eigenvalue weighted by Gasteiger charge is 2.30. The van der Waals surface area contributed by atoms with Crippen LogP contribution in [-0.4, -0.2) is 33.1 Å². The van der Waals surface area contributed by atoms with Crippen molar-refractivity contribution in [3.05, 3.63) is 64.7 Å². The zero-order chi connectivity index (χ0) is 19.4. The van der Waals surface area contributed by atoms with E-state index in [-0.39, 0.29) is 5.57 Å². The minimum atomic E-state index is -0.448. The molecule has 0 radical (unpaired) electrons. The molecule has 2 aromatic rings. The van der Waals surface area contributed by atoms with E-state index >= 15 is 0 Å². The molecule has 2 amide bonds. The Hall–Kier alpha value is -3.54. The second-order valence-corrected chi connectivity index (χ2v) is 5.77. The molecule has 2 aromatic carbocycles. The molecule has 1 fully saturated rings. The van der Waals surface area contributed by atoms with Crippen LogP contribution >= 0.6 is 0 Å². The lowest BCUT2D eigenvalue weighted by atomic mass is 10.0. The molecule has 0 bridgehead atoms. The molecule has 3 rings (SSSR count). The standard InChI is InChI=1S/C21H19NO5/c1-25-17-11-14(12-18(26-2)19(17)27-3)10-16-15(20(23)22-21(16)24)9-13-7-5-4-6-8-13/h4-12H,1-3H3,(H,22,23,24)/b15-9+,16-10-. The Labute approximate surface area is 157 Å². The van der Waals surface area contributed by atoms with Gasteiger partial charge in [0, 0.05) is 0 Å². The maximum atomic E-state index is 12.3. The summed E-state index contributed by atoms with van der Waals surface area (Å²) in [5.74, 6) is 0.497. The Balaban J connectivity index is 2.10. The molecule has 0 unspecified atom stereocenters. The van der Waals surface area contributed by atoms with Gasteiger partial charge in [-0.1, -0.05) is 30.3 Å². The van der Waals surface area contributed by atoms with E-state index in [0.29, 0.717) is 28.4 Å². The maximum absolute atomic E-state index is 12.3. The van der Waals surface area contributed by atoms with Gasteiger partial charge in [-0.2, -0.15) is 0 Å². The number of carbonyl (C=O) groups excluding carboxylic acids is 2. The van der Waals surface area contributed by atoms with Crippen LogP contribution in [0.1, 0.15) is 11.1 Å². The minimum absolute atomic E-state index is 0.276. The van der Waals surface area contributed by atoms with E-state index in [2.05, 4.69) is 5.32 Å². The maximum Gasteiger partial charge on any atom is 0.258 e. The number of nitrogens with one attached hydrogen (secondary N) is 1. The normalized spacial score (nSPS) is 16.6. The van der Waals surface area contributed by atoms with Crippen LogP contribution in [0.3, 0.4) is 0 Å². The summed E-state index contributed by atoms with van der Waals surface area (Å²) in [6.45, 7) is 0. The molecule has 1 aliphatic rings. The van der Waals surface area contributed by atoms with Crippen molar-refractivity contribution in [2.45, 2.75) is 0 Å². The SMILES string of the molecule is COc1cc(/C=C2\C(=O)NC(=O)\C2=C\c2ccccc2)cc(OC)c1OC. The van der Waals surface area contributed by atoms with E-state index < -0.39 is 11.8 Å². The third-order valence-corrected chi connectivity index (χ3v) is 4.12. The van der Waals surface area contributed by atoms with E-state index in [1.54, 1.807) is 24.3 Å². The summed E-state index contributed by atoms with van der Waals surface area (Å²) in [6.07, 6.45) is 3.31. The van der Waals surface area contributed by atoms with Gasteiger partial charge in [-0.05, 0) is 35.4 Å². The molecule has 0 saturated carbocycles. The van der Waals surface area contributed by atoms with Crippen molar-refractivity contribution in [3.8, 4) is 17.2 Å². The second-order valence-electron chi connectivity index (χ2n) is 5.77. The summed E-state index contributed by atoms with van der Waals surface area (Å²) in [5.41, 5.74) is 2.05. The van der Waals surface area contributed by atoms with Crippen LogP contribution in [0.2, 0.25) is 0 Å². The highest BCUT2D eigenvalue weighted by molar-refractivity contribution is 6.28. The molecular weight excluding hydrogens is 346 g/mol. The highest BCUT2D eigenvalue weighted by atomic mass is 16.5. The molecule has 0 spiro atoms. The Bertz CT molecular complexity index is 919. The van der Waals surface area contributed by atoms with Crippen LogP contribution < -0.4 is 19.5 Å². The summed E-state index contributed by atoms with van der Waals surface area (Å²) in [5, 5.41) is 2.34. The molecule has 1 saturated heterocycles. The first-order valence-corrected chi connectivity index (χ1v) is 8.22. The number of rotatable bonds is 5. The first kappa shape index (κ1) is 18.3. The van der Waals surface area contributed by atoms with Gasteiger partial charge in [0.1, 0.15) is 0 Å². The van der Waals surface area contributed by atoms with E-state index in [4.69, 9.17) is 14.2 Å². The average molecular weight is 365 g/mol. The molecule has 1 N–H and O–H groups in total. The predicted molar refractivity (Wildman–Crippen MR) is 102 cm³/mol. The summed E-state index contributed by atoms with van der Waals surface area (Å²) < 4.78 is 16.0. The van der Waals surface area contributed by atoms with Crippen molar-refractivity contribution in [2.75, 3.05) is 21.3 Å². The van der Waals surface area contributed by atoms with E-state index in [1.165, 1.54) is 21.3 Å². The molecule has 0 aromatic heterocycles. The van der Waals surface area contributed by atoms with Gasteiger partial charge in [0.05, 0.1) is 32.5 Å². The van der Waals surface area contributed by atoms with Crippen LogP contribution in [0.15, 0.2) is 53.6 Å². The predicted octanol–water partition coefficient (Wildman–Crippen LogP) is 2.84. The molecule has 6 heteroatoms. The number of imide groups is 1. The van der Waals surface area contributed by atoms with Crippen LogP contribution in [0.4, 0.5) is 0 Å². The Morgan fingerprint density at radius 3 is 1.74 bits per heavy atom. The number of benzene rings is 2. The van der Waals surface area contributed by atoms with Gasteiger partial charge < -0.3 is 14.2 Å². The van der Waals surface area contributed by atoms with Crippen molar-refractivity contribution in [1.82, 2.24) is 5.32 Å². The number of amides is 2. The van der Waals surface area contributed by atoms with Gasteiger partial charge in [-0.15, -0.1) is 0 Å². The van der Waals surface area contributed by atoms with Gasteiger partial charge in [-0.25, -0.2) is 0 Å². The molecule has 0 aliphatic carbocycles. The Morgan fingerprint density at radius 1 is 0.741 bits per heavy atom. The fraction of sp³-hybridized carbons (Fsp3) is 0.143. The van der Waals surface area contributed by atoms with Crippen LogP contribution in [0.25, 0.3) is 12.2 Å². The summed E-state index contributed by atoms with van der Waals surface area (Å²) in [4.78, 5) is 24.5. The third-order valence-electron chi connectivity index (χ3n) is 4.12. The number of hydrogen-bond donors (Lipinski definition) is 1. The quantitative estimate of drug-likeness (QED) is 0.651. The number of ether oxygens (including phenoxy) is 3. The second kappa shape index (κ2) is 7.78. The van der Waals surface area contributed by atoms with Crippen molar-refractivity contribution < 1.29 is 23.8 Å². The van der Waals surface area contributed by atoms with Crippen LogP contribution in [-0.2, 0) is 9.59 Å². The van der Waals surface area contributed by atoms with Crippen molar-refractivity contribution in [1.29, 1.82) is 0 Å². The topological polar surface area (TPSA) is 73.9 Å². The third kappa shape index (κ3) is 3.69.